The summed E-state index contributed by atoms with van der Waals surface area (Å²) < 4.78 is 0. The third-order valence-corrected chi connectivity index (χ3v) is 4.83. The van der Waals surface area contributed by atoms with Crippen LogP contribution in [0.4, 0.5) is 5.69 Å². The second-order valence-corrected chi connectivity index (χ2v) is 6.50. The van der Waals surface area contributed by atoms with Crippen molar-refractivity contribution in [1.29, 1.82) is 0 Å². The van der Waals surface area contributed by atoms with Gasteiger partial charge in [0.1, 0.15) is 17.2 Å². The number of fused-ring (bicyclic) bond motifs is 1. The fraction of sp³-hybridized carbons (Fsp3) is 0.125. The van der Waals surface area contributed by atoms with Crippen LogP contribution >= 0.6 is 23.4 Å². The molecule has 1 N–H and O–H groups in total. The van der Waals surface area contributed by atoms with E-state index in [9.17, 15) is 0 Å². The molecule has 1 fully saturated rings. The Labute approximate surface area is 137 Å². The number of benzene rings is 2. The molecule has 4 rings (SSSR count). The molecule has 0 spiro atoms. The number of hydrogen-bond acceptors (Lipinski definition) is 4. The Morgan fingerprint density at radius 3 is 2.64 bits per heavy atom. The topological polar surface area (TPSA) is 46.0 Å². The van der Waals surface area contributed by atoms with Crippen molar-refractivity contribution in [2.75, 3.05) is 0 Å². The number of halogens is 1. The van der Waals surface area contributed by atoms with Crippen molar-refractivity contribution >= 4 is 40.1 Å². The quantitative estimate of drug-likeness (QED) is 0.901. The SMILES string of the molecule is Clc1ccc(C2ONC3=NC(=Nc4ccccc4)SC32)cc1. The largest absolute Gasteiger partial charge is 0.265 e. The zero-order valence-electron chi connectivity index (χ0n) is 11.4. The Hall–Kier alpha value is -1.82. The highest BCUT2D eigenvalue weighted by atomic mass is 35.5. The lowest BCUT2D eigenvalue weighted by atomic mass is 10.1. The molecule has 0 bridgehead atoms. The summed E-state index contributed by atoms with van der Waals surface area (Å²) in [6, 6.07) is 17.5. The lowest BCUT2D eigenvalue weighted by Gasteiger charge is -2.13. The Kier molecular flexibility index (Phi) is 3.62. The Bertz CT molecular complexity index is 746. The monoisotopic (exact) mass is 329 g/mol. The summed E-state index contributed by atoms with van der Waals surface area (Å²) in [6.45, 7) is 0. The van der Waals surface area contributed by atoms with Crippen molar-refractivity contribution in [3.63, 3.8) is 0 Å². The van der Waals surface area contributed by atoms with Crippen LogP contribution in [0.5, 0.6) is 0 Å². The molecule has 2 atom stereocenters. The first-order chi connectivity index (χ1) is 10.8. The normalized spacial score (nSPS) is 25.0. The maximum absolute atomic E-state index is 5.94. The van der Waals surface area contributed by atoms with Crippen LogP contribution in [0.3, 0.4) is 0 Å². The lowest BCUT2D eigenvalue weighted by molar-refractivity contribution is 0.0467. The van der Waals surface area contributed by atoms with E-state index in [4.69, 9.17) is 16.4 Å². The first kappa shape index (κ1) is 13.8. The smallest absolute Gasteiger partial charge is 0.190 e. The zero-order valence-corrected chi connectivity index (χ0v) is 13.0. The van der Waals surface area contributed by atoms with Gasteiger partial charge in [-0.1, -0.05) is 53.7 Å². The molecule has 0 aromatic heterocycles. The summed E-state index contributed by atoms with van der Waals surface area (Å²) in [5.41, 5.74) is 4.88. The summed E-state index contributed by atoms with van der Waals surface area (Å²) >= 11 is 7.55. The first-order valence-corrected chi connectivity index (χ1v) is 8.11. The van der Waals surface area contributed by atoms with Gasteiger partial charge in [0.2, 0.25) is 0 Å². The van der Waals surface area contributed by atoms with Gasteiger partial charge in [0.25, 0.3) is 0 Å². The molecule has 22 heavy (non-hydrogen) atoms. The Balaban J connectivity index is 1.57. The molecule has 0 amide bonds. The minimum Gasteiger partial charge on any atom is -0.265 e. The van der Waals surface area contributed by atoms with Gasteiger partial charge in [-0.2, -0.15) is 0 Å². The second kappa shape index (κ2) is 5.76. The third kappa shape index (κ3) is 2.63. The Morgan fingerprint density at radius 1 is 1.09 bits per heavy atom. The summed E-state index contributed by atoms with van der Waals surface area (Å²) in [5, 5.41) is 1.57. The molecule has 2 aromatic carbocycles. The number of thioether (sulfide) groups is 1. The van der Waals surface area contributed by atoms with Gasteiger partial charge in [-0.25, -0.2) is 9.98 Å². The standard InChI is InChI=1S/C16H12ClN3OS/c17-11-8-6-10(7-9-11)13-14-15(20-21-13)19-16(22-14)18-12-4-2-1-3-5-12/h1-9,13-14H,(H,18,19,20). The number of nitrogens with one attached hydrogen (secondary N) is 1. The average Bonchev–Trinajstić information content (AvgIpc) is 3.09. The molecule has 0 radical (unpaired) electrons. The average molecular weight is 330 g/mol. The van der Waals surface area contributed by atoms with Crippen LogP contribution in [0, 0.1) is 0 Å². The maximum Gasteiger partial charge on any atom is 0.190 e. The van der Waals surface area contributed by atoms with Gasteiger partial charge >= 0.3 is 0 Å². The van der Waals surface area contributed by atoms with E-state index in [2.05, 4.69) is 15.5 Å². The van der Waals surface area contributed by atoms with Crippen LogP contribution in [-0.4, -0.2) is 16.3 Å². The van der Waals surface area contributed by atoms with Crippen molar-refractivity contribution in [2.45, 2.75) is 11.4 Å². The van der Waals surface area contributed by atoms with E-state index in [1.165, 1.54) is 0 Å². The van der Waals surface area contributed by atoms with Crippen molar-refractivity contribution in [3.05, 3.63) is 65.2 Å². The van der Waals surface area contributed by atoms with E-state index in [1.54, 1.807) is 11.8 Å². The highest BCUT2D eigenvalue weighted by molar-refractivity contribution is 8.15. The van der Waals surface area contributed by atoms with Crippen LogP contribution in [0.1, 0.15) is 11.7 Å². The molecule has 2 heterocycles. The molecule has 6 heteroatoms. The number of hydrogen-bond donors (Lipinski definition) is 1. The van der Waals surface area contributed by atoms with Gasteiger partial charge in [0.15, 0.2) is 5.17 Å². The van der Waals surface area contributed by atoms with E-state index >= 15 is 0 Å². The molecular formula is C16H12ClN3OS. The highest BCUT2D eigenvalue weighted by Gasteiger charge is 2.41. The highest BCUT2D eigenvalue weighted by Crippen LogP contribution is 2.39. The molecule has 2 aromatic rings. The lowest BCUT2D eigenvalue weighted by Crippen LogP contribution is -2.17. The number of rotatable bonds is 2. The molecule has 2 aliphatic heterocycles. The minimum atomic E-state index is -0.0931. The fourth-order valence-electron chi connectivity index (χ4n) is 2.39. The number of amidine groups is 2. The molecule has 2 aliphatic rings. The maximum atomic E-state index is 5.94. The summed E-state index contributed by atoms with van der Waals surface area (Å²) in [7, 11) is 0. The van der Waals surface area contributed by atoms with Crippen LogP contribution in [0.2, 0.25) is 5.02 Å². The van der Waals surface area contributed by atoms with Crippen molar-refractivity contribution in [1.82, 2.24) is 5.48 Å². The van der Waals surface area contributed by atoms with Gasteiger partial charge < -0.3 is 0 Å². The Morgan fingerprint density at radius 2 is 1.86 bits per heavy atom. The molecular weight excluding hydrogens is 318 g/mol. The van der Waals surface area contributed by atoms with Crippen molar-refractivity contribution < 1.29 is 4.84 Å². The predicted molar refractivity (Wildman–Crippen MR) is 90.8 cm³/mol. The molecule has 0 aliphatic carbocycles. The van der Waals surface area contributed by atoms with Crippen LogP contribution < -0.4 is 5.48 Å². The van der Waals surface area contributed by atoms with Gasteiger partial charge in [-0.3, -0.25) is 10.3 Å². The molecule has 1 saturated heterocycles. The number of aliphatic imine (C=N–C) groups is 2. The second-order valence-electron chi connectivity index (χ2n) is 4.96. The number of hydroxylamine groups is 1. The van der Waals surface area contributed by atoms with Crippen LogP contribution in [0.25, 0.3) is 0 Å². The number of para-hydroxylation sites is 1. The van der Waals surface area contributed by atoms with E-state index in [0.717, 1.165) is 22.3 Å². The van der Waals surface area contributed by atoms with Gasteiger partial charge in [-0.15, -0.1) is 0 Å². The summed E-state index contributed by atoms with van der Waals surface area (Å²) in [6.07, 6.45) is -0.0931. The molecule has 2 unspecified atom stereocenters. The molecule has 110 valence electrons. The van der Waals surface area contributed by atoms with Crippen LogP contribution in [-0.2, 0) is 4.84 Å². The van der Waals surface area contributed by atoms with Gasteiger partial charge in [-0.05, 0) is 29.8 Å². The zero-order chi connectivity index (χ0) is 14.9. The fourth-order valence-corrected chi connectivity index (χ4v) is 3.60. The molecule has 0 saturated carbocycles. The first-order valence-electron chi connectivity index (χ1n) is 6.86. The minimum absolute atomic E-state index is 0.0931. The third-order valence-electron chi connectivity index (χ3n) is 3.46. The van der Waals surface area contributed by atoms with Crippen molar-refractivity contribution in [2.24, 2.45) is 9.98 Å². The van der Waals surface area contributed by atoms with Crippen LogP contribution in [0.15, 0.2) is 64.6 Å². The molecule has 4 nitrogen and oxygen atoms in total. The van der Waals surface area contributed by atoms with Gasteiger partial charge in [0, 0.05) is 5.02 Å². The summed E-state index contributed by atoms with van der Waals surface area (Å²) in [4.78, 5) is 14.7. The van der Waals surface area contributed by atoms with Gasteiger partial charge in [0.05, 0.1) is 5.69 Å². The van der Waals surface area contributed by atoms with E-state index in [0.29, 0.717) is 5.02 Å². The van der Waals surface area contributed by atoms with Crippen molar-refractivity contribution in [3.8, 4) is 0 Å². The van der Waals surface area contributed by atoms with E-state index in [-0.39, 0.29) is 11.4 Å². The number of nitrogens with zero attached hydrogens (tertiary/aromatic N) is 2. The van der Waals surface area contributed by atoms with E-state index < -0.39 is 0 Å². The summed E-state index contributed by atoms with van der Waals surface area (Å²) in [5.74, 6) is 0.819. The van der Waals surface area contributed by atoms with E-state index in [1.807, 2.05) is 54.6 Å². The predicted octanol–water partition coefficient (Wildman–Crippen LogP) is 4.12.